The minimum absolute atomic E-state index is 0.148. The number of hydrogen-bond donors (Lipinski definition) is 0. The number of fused-ring (bicyclic) bond motifs is 1. The normalized spacial score (nSPS) is 11.0. The fraction of sp³-hybridized carbons (Fsp3) is 0.375. The van der Waals surface area contributed by atoms with E-state index in [4.69, 9.17) is 13.9 Å². The van der Waals surface area contributed by atoms with Crippen molar-refractivity contribution in [2.75, 3.05) is 19.0 Å². The van der Waals surface area contributed by atoms with Crippen LogP contribution in [0.5, 0.6) is 11.5 Å². The van der Waals surface area contributed by atoms with Gasteiger partial charge in [-0.2, -0.15) is 0 Å². The lowest BCUT2D eigenvalue weighted by Crippen LogP contribution is -2.11. The number of unbranched alkanes of at least 4 members (excludes halogenated alkanes) is 5. The molecule has 0 aliphatic heterocycles. The van der Waals surface area contributed by atoms with Gasteiger partial charge in [0.1, 0.15) is 11.3 Å². The van der Waals surface area contributed by atoms with Crippen LogP contribution in [0.3, 0.4) is 0 Å². The molecule has 29 heavy (non-hydrogen) atoms. The van der Waals surface area contributed by atoms with Crippen molar-refractivity contribution in [2.45, 2.75) is 38.5 Å². The quantitative estimate of drug-likeness (QED) is 0.240. The zero-order valence-electron chi connectivity index (χ0n) is 16.8. The third-order valence-electron chi connectivity index (χ3n) is 4.87. The number of alkyl halides is 1. The summed E-state index contributed by atoms with van der Waals surface area (Å²) in [5.41, 5.74) is 1.16. The van der Waals surface area contributed by atoms with E-state index in [1.165, 1.54) is 25.7 Å². The van der Waals surface area contributed by atoms with Crippen LogP contribution in [0, 0.1) is 0 Å². The lowest BCUT2D eigenvalue weighted by atomic mass is 10.1. The smallest absolute Gasteiger partial charge is 0.235 e. The van der Waals surface area contributed by atoms with Crippen LogP contribution in [0.25, 0.3) is 22.3 Å². The minimum atomic E-state index is -0.148. The fourth-order valence-corrected chi connectivity index (χ4v) is 3.67. The largest absolute Gasteiger partial charge is 0.497 e. The Bertz CT molecular complexity index is 966. The zero-order chi connectivity index (χ0) is 20.5. The van der Waals surface area contributed by atoms with E-state index in [0.29, 0.717) is 29.1 Å². The summed E-state index contributed by atoms with van der Waals surface area (Å²) in [7, 11) is 1.59. The van der Waals surface area contributed by atoms with E-state index in [-0.39, 0.29) is 11.2 Å². The van der Waals surface area contributed by atoms with Gasteiger partial charge in [-0.15, -0.1) is 0 Å². The van der Waals surface area contributed by atoms with Crippen molar-refractivity contribution in [2.24, 2.45) is 0 Å². The monoisotopic (exact) mass is 458 g/mol. The van der Waals surface area contributed by atoms with Gasteiger partial charge < -0.3 is 13.9 Å². The Morgan fingerprint density at radius 3 is 2.38 bits per heavy atom. The molecule has 0 unspecified atom stereocenters. The highest BCUT2D eigenvalue weighted by Crippen LogP contribution is 2.32. The third kappa shape index (κ3) is 5.63. The molecule has 0 fully saturated rings. The van der Waals surface area contributed by atoms with E-state index < -0.39 is 0 Å². The van der Waals surface area contributed by atoms with Crippen LogP contribution in [0.4, 0.5) is 0 Å². The molecule has 0 amide bonds. The van der Waals surface area contributed by atoms with E-state index >= 15 is 0 Å². The summed E-state index contributed by atoms with van der Waals surface area (Å²) in [6, 6.07) is 14.8. The van der Waals surface area contributed by atoms with Crippen LogP contribution >= 0.6 is 15.9 Å². The Hall–Kier alpha value is -2.27. The molecule has 0 saturated heterocycles. The first-order valence-electron chi connectivity index (χ1n) is 10.1. The summed E-state index contributed by atoms with van der Waals surface area (Å²) in [4.78, 5) is 13.1. The summed E-state index contributed by atoms with van der Waals surface area (Å²) in [6.45, 7) is 0.505. The molecule has 4 nitrogen and oxygen atoms in total. The summed E-state index contributed by atoms with van der Waals surface area (Å²) < 4.78 is 17.4. The Kier molecular flexibility index (Phi) is 8.17. The predicted molar refractivity (Wildman–Crippen MR) is 121 cm³/mol. The predicted octanol–water partition coefficient (Wildman–Crippen LogP) is 6.58. The van der Waals surface area contributed by atoms with Gasteiger partial charge in [0.15, 0.2) is 5.76 Å². The first-order chi connectivity index (χ1) is 14.2. The van der Waals surface area contributed by atoms with Crippen molar-refractivity contribution >= 4 is 26.9 Å². The summed E-state index contributed by atoms with van der Waals surface area (Å²) in [5.74, 6) is 1.40. The molecule has 0 N–H and O–H groups in total. The number of hydrogen-bond acceptors (Lipinski definition) is 4. The van der Waals surface area contributed by atoms with Crippen molar-refractivity contribution in [3.63, 3.8) is 0 Å². The number of ether oxygens (including phenoxy) is 2. The van der Waals surface area contributed by atoms with Crippen LogP contribution in [-0.4, -0.2) is 19.0 Å². The lowest BCUT2D eigenvalue weighted by molar-refractivity contribution is 0.297. The molecule has 0 radical (unpaired) electrons. The lowest BCUT2D eigenvalue weighted by Gasteiger charge is -2.12. The van der Waals surface area contributed by atoms with E-state index in [2.05, 4.69) is 15.9 Å². The minimum Gasteiger partial charge on any atom is -0.497 e. The second-order valence-electron chi connectivity index (χ2n) is 6.98. The first kappa shape index (κ1) is 21.4. The molecule has 1 aromatic heterocycles. The molecule has 0 aliphatic carbocycles. The molecule has 0 saturated carbocycles. The fourth-order valence-electron chi connectivity index (χ4n) is 3.27. The van der Waals surface area contributed by atoms with Crippen molar-refractivity contribution < 1.29 is 13.9 Å². The van der Waals surface area contributed by atoms with Gasteiger partial charge in [-0.1, -0.05) is 71.9 Å². The van der Waals surface area contributed by atoms with Gasteiger partial charge >= 0.3 is 0 Å². The van der Waals surface area contributed by atoms with Crippen LogP contribution in [0.15, 0.2) is 57.7 Å². The molecule has 0 atom stereocenters. The molecule has 2 aromatic carbocycles. The summed E-state index contributed by atoms with van der Waals surface area (Å²) in [6.07, 6.45) is 6.92. The zero-order valence-corrected chi connectivity index (χ0v) is 18.4. The summed E-state index contributed by atoms with van der Waals surface area (Å²) in [5, 5.41) is 1.57. The first-order valence-corrected chi connectivity index (χ1v) is 11.3. The Labute approximate surface area is 180 Å². The van der Waals surface area contributed by atoms with E-state index in [1.807, 2.05) is 30.3 Å². The molecule has 1 heterocycles. The Morgan fingerprint density at radius 2 is 1.66 bits per heavy atom. The maximum absolute atomic E-state index is 13.1. The molecule has 3 rings (SSSR count). The van der Waals surface area contributed by atoms with E-state index in [9.17, 15) is 4.79 Å². The van der Waals surface area contributed by atoms with Crippen LogP contribution in [0.1, 0.15) is 38.5 Å². The standard InChI is InChI=1S/C24H27BrO4/c1-27-19-13-14-20-21(17-19)29-23(18-11-7-6-8-12-18)24(22(20)26)28-16-10-5-3-2-4-9-15-25/h6-8,11-14,17H,2-5,9-10,15-16H2,1H3. The Morgan fingerprint density at radius 1 is 0.931 bits per heavy atom. The van der Waals surface area contributed by atoms with Gasteiger partial charge in [-0.05, 0) is 25.0 Å². The molecule has 0 aliphatic rings. The van der Waals surface area contributed by atoms with Crippen LogP contribution in [-0.2, 0) is 0 Å². The van der Waals surface area contributed by atoms with Crippen LogP contribution < -0.4 is 14.9 Å². The molecular weight excluding hydrogens is 432 g/mol. The number of benzene rings is 2. The van der Waals surface area contributed by atoms with E-state index in [0.717, 1.165) is 23.7 Å². The average Bonchev–Trinajstić information content (AvgIpc) is 2.77. The SMILES string of the molecule is COc1ccc2c(=O)c(OCCCCCCCCBr)c(-c3ccccc3)oc2c1. The van der Waals surface area contributed by atoms with Crippen molar-refractivity contribution in [1.82, 2.24) is 0 Å². The average molecular weight is 459 g/mol. The maximum atomic E-state index is 13.1. The number of halogens is 1. The van der Waals surface area contributed by atoms with Gasteiger partial charge in [-0.3, -0.25) is 4.79 Å². The highest BCUT2D eigenvalue weighted by Gasteiger charge is 2.18. The molecule has 0 bridgehead atoms. The topological polar surface area (TPSA) is 48.7 Å². The van der Waals surface area contributed by atoms with E-state index in [1.54, 1.807) is 25.3 Å². The van der Waals surface area contributed by atoms with Crippen molar-refractivity contribution in [1.29, 1.82) is 0 Å². The van der Waals surface area contributed by atoms with Gasteiger partial charge in [0.25, 0.3) is 0 Å². The number of methoxy groups -OCH3 is 1. The highest BCUT2D eigenvalue weighted by atomic mass is 79.9. The van der Waals surface area contributed by atoms with Crippen molar-refractivity contribution in [3.05, 3.63) is 58.8 Å². The Balaban J connectivity index is 1.81. The molecule has 3 aromatic rings. The van der Waals surface area contributed by atoms with Crippen LogP contribution in [0.2, 0.25) is 0 Å². The van der Waals surface area contributed by atoms with Gasteiger partial charge in [-0.25, -0.2) is 0 Å². The number of rotatable bonds is 11. The molecular formula is C24H27BrO4. The molecule has 5 heteroatoms. The molecule has 154 valence electrons. The second kappa shape index (κ2) is 11.1. The van der Waals surface area contributed by atoms with Gasteiger partial charge in [0.05, 0.1) is 19.1 Å². The maximum Gasteiger partial charge on any atom is 0.235 e. The van der Waals surface area contributed by atoms with Gasteiger partial charge in [0.2, 0.25) is 11.2 Å². The summed E-state index contributed by atoms with van der Waals surface area (Å²) >= 11 is 3.46. The van der Waals surface area contributed by atoms with Crippen molar-refractivity contribution in [3.8, 4) is 22.8 Å². The second-order valence-corrected chi connectivity index (χ2v) is 7.77. The highest BCUT2D eigenvalue weighted by molar-refractivity contribution is 9.09. The molecule has 0 spiro atoms. The van der Waals surface area contributed by atoms with Gasteiger partial charge in [0, 0.05) is 17.0 Å². The third-order valence-corrected chi connectivity index (χ3v) is 5.43.